The van der Waals surface area contributed by atoms with Crippen LogP contribution in [0.4, 0.5) is 0 Å². The van der Waals surface area contributed by atoms with Gasteiger partial charge in [0, 0.05) is 6.20 Å². The van der Waals surface area contributed by atoms with Gasteiger partial charge in [-0.1, -0.05) is 13.8 Å². The van der Waals surface area contributed by atoms with Crippen molar-refractivity contribution >= 4 is 15.9 Å². The van der Waals surface area contributed by atoms with Crippen molar-refractivity contribution in [1.29, 1.82) is 0 Å². The lowest BCUT2D eigenvalue weighted by molar-refractivity contribution is 0.0980. The van der Waals surface area contributed by atoms with E-state index in [1.54, 1.807) is 0 Å². The molecule has 0 bridgehead atoms. The van der Waals surface area contributed by atoms with Gasteiger partial charge in [0.25, 0.3) is 15.9 Å². The first-order valence-electron chi connectivity index (χ1n) is 4.49. The maximum atomic E-state index is 11.5. The summed E-state index contributed by atoms with van der Waals surface area (Å²) < 4.78 is 24.8. The van der Waals surface area contributed by atoms with Crippen LogP contribution in [-0.2, 0) is 10.0 Å². The third-order valence-corrected chi connectivity index (χ3v) is 3.62. The van der Waals surface area contributed by atoms with E-state index in [-0.39, 0.29) is 16.5 Å². The number of pyridine rings is 1. The molecule has 1 aromatic heterocycles. The van der Waals surface area contributed by atoms with Gasteiger partial charge in [-0.05, 0) is 17.5 Å². The van der Waals surface area contributed by atoms with Crippen LogP contribution in [0, 0.1) is 0 Å². The lowest BCUT2D eigenvalue weighted by atomic mass is 10.1. The lowest BCUT2D eigenvalue weighted by Gasteiger charge is -2.04. The van der Waals surface area contributed by atoms with E-state index in [0.717, 1.165) is 5.56 Å². The zero-order valence-corrected chi connectivity index (χ0v) is 9.13. The van der Waals surface area contributed by atoms with Crippen LogP contribution in [0.25, 0.3) is 0 Å². The highest BCUT2D eigenvalue weighted by molar-refractivity contribution is 7.90. The Balaban J connectivity index is 2.68. The second-order valence-electron chi connectivity index (χ2n) is 3.70. The number of rotatable bonds is 1. The summed E-state index contributed by atoms with van der Waals surface area (Å²) in [5, 5.41) is 0. The maximum absolute atomic E-state index is 11.5. The van der Waals surface area contributed by atoms with E-state index in [1.165, 1.54) is 12.3 Å². The van der Waals surface area contributed by atoms with Gasteiger partial charge in [0.05, 0.1) is 0 Å². The number of aromatic nitrogens is 1. The molecular weight excluding hydrogens is 216 g/mol. The second kappa shape index (κ2) is 3.03. The van der Waals surface area contributed by atoms with Crippen LogP contribution in [0.15, 0.2) is 17.2 Å². The number of amides is 1. The summed E-state index contributed by atoms with van der Waals surface area (Å²) in [5.74, 6) is -0.478. The highest BCUT2D eigenvalue weighted by Gasteiger charge is 2.34. The van der Waals surface area contributed by atoms with Crippen molar-refractivity contribution in [2.24, 2.45) is 0 Å². The van der Waals surface area contributed by atoms with Crippen LogP contribution in [0.1, 0.15) is 35.8 Å². The first-order valence-corrected chi connectivity index (χ1v) is 5.97. The summed E-state index contributed by atoms with van der Waals surface area (Å²) >= 11 is 0. The fourth-order valence-corrected chi connectivity index (χ4v) is 2.52. The standard InChI is InChI=1S/C9H10N2O3S/c1-5(2)6-3-7-8(10-4-6)9(12)11-15(7,13)14/h3-5H,1-2H3,(H,11,12). The highest BCUT2D eigenvalue weighted by Crippen LogP contribution is 2.24. The Bertz CT molecular complexity index is 534. The van der Waals surface area contributed by atoms with Gasteiger partial charge in [-0.15, -0.1) is 0 Å². The molecule has 0 saturated heterocycles. The van der Waals surface area contributed by atoms with E-state index >= 15 is 0 Å². The van der Waals surface area contributed by atoms with Gasteiger partial charge in [-0.2, -0.15) is 0 Å². The van der Waals surface area contributed by atoms with E-state index in [2.05, 4.69) is 4.98 Å². The fourth-order valence-electron chi connectivity index (χ4n) is 1.38. The highest BCUT2D eigenvalue weighted by atomic mass is 32.2. The monoisotopic (exact) mass is 226 g/mol. The van der Waals surface area contributed by atoms with Crippen molar-refractivity contribution < 1.29 is 13.2 Å². The Hall–Kier alpha value is -1.43. The molecule has 0 spiro atoms. The minimum atomic E-state index is -3.67. The minimum absolute atomic E-state index is 0.0144. The molecule has 15 heavy (non-hydrogen) atoms. The smallest absolute Gasteiger partial charge is 0.266 e. The SMILES string of the molecule is CC(C)c1cnc2c(c1)S(=O)(=O)NC2=O. The first-order chi connectivity index (χ1) is 6.92. The molecule has 0 unspecified atom stereocenters. The summed E-state index contributed by atoms with van der Waals surface area (Å²) in [6, 6.07) is 1.50. The first kappa shape index (κ1) is 10.1. The van der Waals surface area contributed by atoms with Gasteiger partial charge >= 0.3 is 0 Å². The predicted molar refractivity (Wildman–Crippen MR) is 53.0 cm³/mol. The van der Waals surface area contributed by atoms with E-state index in [1.807, 2.05) is 18.6 Å². The number of nitrogens with zero attached hydrogens (tertiary/aromatic N) is 1. The summed E-state index contributed by atoms with van der Waals surface area (Å²) in [5.41, 5.74) is 0.785. The summed E-state index contributed by atoms with van der Waals surface area (Å²) in [6.45, 7) is 3.86. The molecule has 0 aliphatic carbocycles. The molecule has 1 amide bonds. The van der Waals surface area contributed by atoms with Crippen molar-refractivity contribution in [1.82, 2.24) is 9.71 Å². The number of nitrogens with one attached hydrogen (secondary N) is 1. The molecule has 1 N–H and O–H groups in total. The fraction of sp³-hybridized carbons (Fsp3) is 0.333. The third-order valence-electron chi connectivity index (χ3n) is 2.27. The van der Waals surface area contributed by atoms with Crippen LogP contribution in [0.2, 0.25) is 0 Å². The van der Waals surface area contributed by atoms with E-state index in [0.29, 0.717) is 0 Å². The third kappa shape index (κ3) is 1.50. The second-order valence-corrected chi connectivity index (χ2v) is 5.36. The Morgan fingerprint density at radius 2 is 2.07 bits per heavy atom. The zero-order chi connectivity index (χ0) is 11.2. The average molecular weight is 226 g/mol. The molecule has 5 nitrogen and oxygen atoms in total. The van der Waals surface area contributed by atoms with Gasteiger partial charge in [-0.3, -0.25) is 4.79 Å². The normalized spacial score (nSPS) is 17.7. The van der Waals surface area contributed by atoms with Crippen LogP contribution in [0.5, 0.6) is 0 Å². The van der Waals surface area contributed by atoms with Crippen molar-refractivity contribution in [3.8, 4) is 0 Å². The molecule has 1 aromatic rings. The average Bonchev–Trinajstić information content (AvgIpc) is 2.37. The van der Waals surface area contributed by atoms with Crippen LogP contribution >= 0.6 is 0 Å². The molecule has 0 radical (unpaired) electrons. The molecule has 0 atom stereocenters. The van der Waals surface area contributed by atoms with Crippen LogP contribution in [0.3, 0.4) is 0 Å². The van der Waals surface area contributed by atoms with Crippen molar-refractivity contribution in [2.45, 2.75) is 24.7 Å². The molecule has 0 saturated carbocycles. The maximum Gasteiger partial charge on any atom is 0.285 e. The molecule has 2 heterocycles. The number of carbonyl (C=O) groups is 1. The molecule has 1 aliphatic rings. The lowest BCUT2D eigenvalue weighted by Crippen LogP contribution is -2.20. The van der Waals surface area contributed by atoms with Gasteiger partial charge in [-0.25, -0.2) is 18.1 Å². The predicted octanol–water partition coefficient (Wildman–Crippen LogP) is 0.637. The molecule has 80 valence electrons. The quantitative estimate of drug-likeness (QED) is 0.762. The van der Waals surface area contributed by atoms with E-state index in [9.17, 15) is 13.2 Å². The molecular formula is C9H10N2O3S. The largest absolute Gasteiger partial charge is 0.285 e. The van der Waals surface area contributed by atoms with Crippen LogP contribution < -0.4 is 4.72 Å². The van der Waals surface area contributed by atoms with Gasteiger partial charge in [0.15, 0.2) is 0 Å². The van der Waals surface area contributed by atoms with Crippen molar-refractivity contribution in [3.05, 3.63) is 23.5 Å². The molecule has 0 fully saturated rings. The Kier molecular flexibility index (Phi) is 2.04. The van der Waals surface area contributed by atoms with Gasteiger partial charge < -0.3 is 0 Å². The number of carbonyl (C=O) groups excluding carboxylic acids is 1. The molecule has 1 aliphatic heterocycles. The zero-order valence-electron chi connectivity index (χ0n) is 8.31. The van der Waals surface area contributed by atoms with E-state index in [4.69, 9.17) is 0 Å². The van der Waals surface area contributed by atoms with Gasteiger partial charge in [0.1, 0.15) is 10.6 Å². The summed E-state index contributed by atoms with van der Waals surface area (Å²) in [7, 11) is -3.67. The van der Waals surface area contributed by atoms with Crippen molar-refractivity contribution in [3.63, 3.8) is 0 Å². The minimum Gasteiger partial charge on any atom is -0.266 e. The Morgan fingerprint density at radius 1 is 1.40 bits per heavy atom. The van der Waals surface area contributed by atoms with Crippen molar-refractivity contribution in [2.75, 3.05) is 0 Å². The number of sulfonamides is 1. The Labute approximate surface area is 87.6 Å². The van der Waals surface area contributed by atoms with Gasteiger partial charge in [0.2, 0.25) is 0 Å². The number of fused-ring (bicyclic) bond motifs is 1. The molecule has 2 rings (SSSR count). The molecule has 0 aromatic carbocycles. The summed E-state index contributed by atoms with van der Waals surface area (Å²) in [4.78, 5) is 15.1. The topological polar surface area (TPSA) is 76.1 Å². The number of hydrogen-bond donors (Lipinski definition) is 1. The van der Waals surface area contributed by atoms with E-state index < -0.39 is 15.9 Å². The van der Waals surface area contributed by atoms with Crippen LogP contribution in [-0.4, -0.2) is 19.3 Å². The number of hydrogen-bond acceptors (Lipinski definition) is 4. The summed E-state index contributed by atoms with van der Waals surface area (Å²) in [6.07, 6.45) is 1.53. The molecule has 6 heteroatoms. The Morgan fingerprint density at radius 3 is 2.67 bits per heavy atom.